The van der Waals surface area contributed by atoms with Crippen LogP contribution in [-0.2, 0) is 0 Å². The molecule has 0 saturated carbocycles. The number of hydrogen-bond acceptors (Lipinski definition) is 2. The van der Waals surface area contributed by atoms with E-state index in [-0.39, 0.29) is 44.3 Å². The van der Waals surface area contributed by atoms with E-state index in [9.17, 15) is 4.39 Å². The van der Waals surface area contributed by atoms with Gasteiger partial charge in [0.25, 0.3) is 0 Å². The lowest BCUT2D eigenvalue weighted by Gasteiger charge is -2.18. The van der Waals surface area contributed by atoms with Crippen molar-refractivity contribution in [2.45, 2.75) is 12.1 Å². The molecule has 0 fully saturated rings. The fraction of sp³-hybridized carbons (Fsp3) is 0.667. The van der Waals surface area contributed by atoms with E-state index in [0.717, 1.165) is 0 Å². The molecule has 4 N–H and O–H groups in total. The molecule has 0 aromatic carbocycles. The van der Waals surface area contributed by atoms with Gasteiger partial charge in [-0.05, 0) is 0 Å². The summed E-state index contributed by atoms with van der Waals surface area (Å²) in [4.78, 5) is 0. The average Bonchev–Trinajstić information content (AvgIpc) is 1.89. The van der Waals surface area contributed by atoms with E-state index < -0.39 is 5.67 Å². The minimum Gasteiger partial charge on any atom is -0.327 e. The predicted molar refractivity (Wildman–Crippen MR) is 51.3 cm³/mol. The van der Waals surface area contributed by atoms with Crippen molar-refractivity contribution in [1.29, 1.82) is 0 Å². The molecule has 0 amide bonds. The van der Waals surface area contributed by atoms with Crippen molar-refractivity contribution in [2.75, 3.05) is 13.1 Å². The molecule has 0 aromatic rings. The zero-order valence-corrected chi connectivity index (χ0v) is 7.89. The lowest BCUT2D eigenvalue weighted by Crippen LogP contribution is -2.40. The maximum Gasteiger partial charge on any atom is 0.138 e. The van der Waals surface area contributed by atoms with E-state index in [1.165, 1.54) is 6.08 Å². The second kappa shape index (κ2) is 8.27. The Morgan fingerprint density at radius 2 is 1.64 bits per heavy atom. The van der Waals surface area contributed by atoms with Gasteiger partial charge in [0.2, 0.25) is 0 Å². The van der Waals surface area contributed by atoms with Crippen LogP contribution in [0.5, 0.6) is 0 Å². The molecule has 0 radical (unpaired) electrons. The van der Waals surface area contributed by atoms with Gasteiger partial charge in [0.1, 0.15) is 5.67 Å². The topological polar surface area (TPSA) is 52.0 Å². The maximum absolute atomic E-state index is 12.9. The molecule has 0 saturated heterocycles. The summed E-state index contributed by atoms with van der Waals surface area (Å²) in [5.41, 5.74) is 8.77. The van der Waals surface area contributed by atoms with Gasteiger partial charge < -0.3 is 11.5 Å². The Morgan fingerprint density at radius 1 is 1.27 bits per heavy atom. The Balaban J connectivity index is -0.000000320. The van der Waals surface area contributed by atoms with Crippen molar-refractivity contribution >= 4 is 24.8 Å². The summed E-state index contributed by atoms with van der Waals surface area (Å²) in [6, 6.07) is 0. The van der Waals surface area contributed by atoms with Gasteiger partial charge in [0.05, 0.1) is 0 Å². The molecule has 2 nitrogen and oxygen atoms in total. The van der Waals surface area contributed by atoms with Gasteiger partial charge in [-0.2, -0.15) is 0 Å². The van der Waals surface area contributed by atoms with Crippen LogP contribution in [0.25, 0.3) is 0 Å². The number of halogens is 3. The summed E-state index contributed by atoms with van der Waals surface area (Å²) >= 11 is 0. The third-order valence-corrected chi connectivity index (χ3v) is 1.24. The van der Waals surface area contributed by atoms with Crippen molar-refractivity contribution in [3.8, 4) is 0 Å². The van der Waals surface area contributed by atoms with Gasteiger partial charge in [-0.15, -0.1) is 31.4 Å². The lowest BCUT2D eigenvalue weighted by molar-refractivity contribution is 0.188. The first-order valence-corrected chi connectivity index (χ1v) is 2.88. The highest BCUT2D eigenvalue weighted by Crippen LogP contribution is 2.12. The third-order valence-electron chi connectivity index (χ3n) is 1.24. The van der Waals surface area contributed by atoms with Gasteiger partial charge >= 0.3 is 0 Å². The highest BCUT2D eigenvalue weighted by molar-refractivity contribution is 5.85. The van der Waals surface area contributed by atoms with Crippen molar-refractivity contribution in [1.82, 2.24) is 0 Å². The normalized spacial score (nSPS) is 9.36. The molecule has 0 aliphatic heterocycles. The van der Waals surface area contributed by atoms with Gasteiger partial charge in [-0.3, -0.25) is 0 Å². The Hall–Kier alpha value is 0.170. The fourth-order valence-electron chi connectivity index (χ4n) is 0.509. The van der Waals surface area contributed by atoms with E-state index in [1.807, 2.05) is 0 Å². The quantitative estimate of drug-likeness (QED) is 0.673. The first kappa shape index (κ1) is 17.3. The van der Waals surface area contributed by atoms with Crippen LogP contribution in [0.2, 0.25) is 0 Å². The van der Waals surface area contributed by atoms with E-state index in [2.05, 4.69) is 6.58 Å². The first-order chi connectivity index (χ1) is 4.18. The molecule has 0 spiro atoms. The summed E-state index contributed by atoms with van der Waals surface area (Å²) in [5, 5.41) is 0. The van der Waals surface area contributed by atoms with Crippen LogP contribution in [0.4, 0.5) is 4.39 Å². The highest BCUT2D eigenvalue weighted by atomic mass is 35.5. The van der Waals surface area contributed by atoms with Gasteiger partial charge in [-0.25, -0.2) is 4.39 Å². The SMILES string of the molecule is C=CCC(F)(CN)CN.Cl.Cl. The van der Waals surface area contributed by atoms with Crippen molar-refractivity contribution in [2.24, 2.45) is 11.5 Å². The standard InChI is InChI=1S/C6H13FN2.2ClH/c1-2-3-6(7,4-8)5-9;;/h2H,1,3-5,8-9H2;2*1H. The fourth-order valence-corrected chi connectivity index (χ4v) is 0.509. The van der Waals surface area contributed by atoms with Gasteiger partial charge in [-0.1, -0.05) is 6.08 Å². The third kappa shape index (κ3) is 6.56. The molecule has 5 heteroatoms. The zero-order chi connectivity index (χ0) is 7.33. The highest BCUT2D eigenvalue weighted by Gasteiger charge is 2.23. The Bertz CT molecular complexity index is 96.6. The first-order valence-electron chi connectivity index (χ1n) is 2.88. The molecule has 0 rings (SSSR count). The smallest absolute Gasteiger partial charge is 0.138 e. The minimum atomic E-state index is -1.43. The van der Waals surface area contributed by atoms with Crippen molar-refractivity contribution < 1.29 is 4.39 Å². The maximum atomic E-state index is 12.9. The minimum absolute atomic E-state index is 0. The Morgan fingerprint density at radius 3 is 1.73 bits per heavy atom. The molecule has 0 aliphatic rings. The van der Waals surface area contributed by atoms with Crippen molar-refractivity contribution in [3.05, 3.63) is 12.7 Å². The van der Waals surface area contributed by atoms with Gasteiger partial charge in [0.15, 0.2) is 0 Å². The number of alkyl halides is 1. The van der Waals surface area contributed by atoms with E-state index in [4.69, 9.17) is 11.5 Å². The summed E-state index contributed by atoms with van der Waals surface area (Å²) in [5.74, 6) is 0. The van der Waals surface area contributed by atoms with Crippen LogP contribution >= 0.6 is 24.8 Å². The second-order valence-electron chi connectivity index (χ2n) is 2.05. The molecular formula is C6H15Cl2FN2. The number of nitrogens with two attached hydrogens (primary N) is 2. The molecule has 0 aromatic heterocycles. The summed E-state index contributed by atoms with van der Waals surface area (Å²) in [7, 11) is 0. The van der Waals surface area contributed by atoms with Crippen molar-refractivity contribution in [3.63, 3.8) is 0 Å². The molecule has 11 heavy (non-hydrogen) atoms. The summed E-state index contributed by atoms with van der Waals surface area (Å²) in [6.07, 6.45) is 1.72. The second-order valence-corrected chi connectivity index (χ2v) is 2.05. The Kier molecular flexibility index (Phi) is 13.0. The summed E-state index contributed by atoms with van der Waals surface area (Å²) in [6.45, 7) is 3.33. The number of allylic oxidation sites excluding steroid dienone is 1. The van der Waals surface area contributed by atoms with E-state index >= 15 is 0 Å². The van der Waals surface area contributed by atoms with Gasteiger partial charge in [0, 0.05) is 19.5 Å². The molecular weight excluding hydrogens is 190 g/mol. The van der Waals surface area contributed by atoms with E-state index in [0.29, 0.717) is 0 Å². The summed E-state index contributed by atoms with van der Waals surface area (Å²) < 4.78 is 12.9. The molecule has 0 bridgehead atoms. The predicted octanol–water partition coefficient (Wildman–Crippen LogP) is 1.03. The molecule has 0 heterocycles. The average molecular weight is 205 g/mol. The Labute approximate surface area is 79.0 Å². The largest absolute Gasteiger partial charge is 0.327 e. The monoisotopic (exact) mass is 204 g/mol. The van der Waals surface area contributed by atoms with Crippen LogP contribution in [0, 0.1) is 0 Å². The molecule has 0 atom stereocenters. The van der Waals surface area contributed by atoms with Crippen LogP contribution in [0.3, 0.4) is 0 Å². The van der Waals surface area contributed by atoms with Crippen LogP contribution < -0.4 is 11.5 Å². The molecule has 0 unspecified atom stereocenters. The number of rotatable bonds is 4. The van der Waals surface area contributed by atoms with Crippen LogP contribution in [0.15, 0.2) is 12.7 Å². The molecule has 70 valence electrons. The lowest BCUT2D eigenvalue weighted by atomic mass is 10.0. The van der Waals surface area contributed by atoms with Crippen LogP contribution in [0.1, 0.15) is 6.42 Å². The van der Waals surface area contributed by atoms with Crippen LogP contribution in [-0.4, -0.2) is 18.8 Å². The molecule has 0 aliphatic carbocycles. The van der Waals surface area contributed by atoms with E-state index in [1.54, 1.807) is 0 Å². The number of hydrogen-bond donors (Lipinski definition) is 2. The zero-order valence-electron chi connectivity index (χ0n) is 6.25.